The molecule has 0 radical (unpaired) electrons. The molecule has 1 aliphatic rings. The van der Waals surface area contributed by atoms with E-state index in [1.54, 1.807) is 0 Å². The molecule has 0 aliphatic heterocycles. The summed E-state index contributed by atoms with van der Waals surface area (Å²) in [6.07, 6.45) is 3.62. The molecule has 0 spiro atoms. The molecule has 4 aromatic carbocycles. The lowest BCUT2D eigenvalue weighted by atomic mass is 9.82. The van der Waals surface area contributed by atoms with Crippen LogP contribution in [0.1, 0.15) is 25.0 Å². The van der Waals surface area contributed by atoms with Gasteiger partial charge in [0.15, 0.2) is 17.5 Å². The van der Waals surface area contributed by atoms with Crippen molar-refractivity contribution in [2.24, 2.45) is 0 Å². The Bertz CT molecular complexity index is 2050. The zero-order valence-corrected chi connectivity index (χ0v) is 25.0. The van der Waals surface area contributed by atoms with Crippen molar-refractivity contribution in [1.82, 2.24) is 24.9 Å². The van der Waals surface area contributed by atoms with Gasteiger partial charge in [-0.2, -0.15) is 0 Å². The fourth-order valence-corrected chi connectivity index (χ4v) is 6.34. The number of rotatable bonds is 5. The van der Waals surface area contributed by atoms with E-state index >= 15 is 0 Å². The molecule has 0 saturated carbocycles. The van der Waals surface area contributed by atoms with Crippen LogP contribution in [0.5, 0.6) is 0 Å². The van der Waals surface area contributed by atoms with Crippen molar-refractivity contribution >= 4 is 0 Å². The van der Waals surface area contributed by atoms with Crippen LogP contribution < -0.4 is 0 Å². The lowest BCUT2D eigenvalue weighted by molar-refractivity contribution is 0.660. The number of hydrogen-bond donors (Lipinski definition) is 0. The molecule has 7 aromatic rings. The van der Waals surface area contributed by atoms with Crippen LogP contribution in [0.25, 0.3) is 67.8 Å². The minimum absolute atomic E-state index is 0.122. The predicted octanol–water partition coefficient (Wildman–Crippen LogP) is 9.30. The van der Waals surface area contributed by atoms with E-state index in [1.807, 2.05) is 48.8 Å². The van der Waals surface area contributed by atoms with E-state index < -0.39 is 0 Å². The van der Waals surface area contributed by atoms with Gasteiger partial charge < -0.3 is 0 Å². The minimum atomic E-state index is -0.122. The summed E-state index contributed by atoms with van der Waals surface area (Å²) >= 11 is 0. The molecule has 0 amide bonds. The number of benzene rings is 4. The van der Waals surface area contributed by atoms with Gasteiger partial charge in [0.25, 0.3) is 0 Å². The molecule has 1 aliphatic carbocycles. The van der Waals surface area contributed by atoms with Gasteiger partial charge in [0.1, 0.15) is 0 Å². The maximum Gasteiger partial charge on any atom is 0.164 e. The average Bonchev–Trinajstić information content (AvgIpc) is 3.35. The molecule has 3 heterocycles. The van der Waals surface area contributed by atoms with Gasteiger partial charge in [-0.25, -0.2) is 15.0 Å². The third kappa shape index (κ3) is 4.70. The van der Waals surface area contributed by atoms with Crippen molar-refractivity contribution in [1.29, 1.82) is 0 Å². The Morgan fingerprint density at radius 3 is 1.42 bits per heavy atom. The lowest BCUT2D eigenvalue weighted by Crippen LogP contribution is -2.14. The van der Waals surface area contributed by atoms with E-state index in [4.69, 9.17) is 15.0 Å². The molecule has 0 bridgehead atoms. The zero-order valence-electron chi connectivity index (χ0n) is 25.0. The Labute approximate surface area is 262 Å². The molecule has 8 rings (SSSR count). The Hall–Kier alpha value is -5.81. The highest BCUT2D eigenvalue weighted by Crippen LogP contribution is 2.51. The third-order valence-electron chi connectivity index (χ3n) is 8.69. The summed E-state index contributed by atoms with van der Waals surface area (Å²) in [5.74, 6) is 1.90. The summed E-state index contributed by atoms with van der Waals surface area (Å²) in [5, 5.41) is 0. The van der Waals surface area contributed by atoms with E-state index in [1.165, 1.54) is 22.3 Å². The van der Waals surface area contributed by atoms with Gasteiger partial charge in [-0.1, -0.05) is 117 Å². The molecular weight excluding hydrogens is 550 g/mol. The van der Waals surface area contributed by atoms with Gasteiger partial charge >= 0.3 is 0 Å². The molecule has 0 fully saturated rings. The first kappa shape index (κ1) is 26.8. The van der Waals surface area contributed by atoms with Gasteiger partial charge in [-0.15, -0.1) is 0 Å². The van der Waals surface area contributed by atoms with Crippen LogP contribution in [0, 0.1) is 0 Å². The number of hydrogen-bond acceptors (Lipinski definition) is 5. The van der Waals surface area contributed by atoms with Gasteiger partial charge in [0.2, 0.25) is 0 Å². The van der Waals surface area contributed by atoms with Crippen molar-refractivity contribution in [2.75, 3.05) is 0 Å². The van der Waals surface area contributed by atoms with Gasteiger partial charge in [0.05, 0.1) is 11.4 Å². The second-order valence-electron chi connectivity index (χ2n) is 11.8. The maximum atomic E-state index is 5.12. The van der Waals surface area contributed by atoms with E-state index in [0.717, 1.165) is 39.2 Å². The van der Waals surface area contributed by atoms with Crippen molar-refractivity contribution in [2.45, 2.75) is 19.3 Å². The summed E-state index contributed by atoms with van der Waals surface area (Å²) in [6.45, 7) is 4.58. The van der Waals surface area contributed by atoms with E-state index in [-0.39, 0.29) is 5.41 Å². The van der Waals surface area contributed by atoms with Crippen LogP contribution in [-0.2, 0) is 5.41 Å². The van der Waals surface area contributed by atoms with Crippen molar-refractivity contribution in [3.63, 3.8) is 0 Å². The maximum absolute atomic E-state index is 5.12. The Morgan fingerprint density at radius 2 is 0.867 bits per heavy atom. The van der Waals surface area contributed by atoms with Crippen LogP contribution in [0.4, 0.5) is 0 Å². The topological polar surface area (TPSA) is 64.5 Å². The molecule has 0 unspecified atom stereocenters. The first-order chi connectivity index (χ1) is 22.1. The highest BCUT2D eigenvalue weighted by atomic mass is 15.0. The van der Waals surface area contributed by atoms with Crippen LogP contribution in [-0.4, -0.2) is 24.9 Å². The first-order valence-corrected chi connectivity index (χ1v) is 15.1. The molecule has 0 N–H and O–H groups in total. The number of pyridine rings is 2. The summed E-state index contributed by atoms with van der Waals surface area (Å²) in [6, 6.07) is 43.5. The van der Waals surface area contributed by atoms with Gasteiger partial charge in [-0.05, 0) is 46.5 Å². The molecule has 214 valence electrons. The lowest BCUT2D eigenvalue weighted by Gasteiger charge is -2.21. The molecule has 0 atom stereocenters. The van der Waals surface area contributed by atoms with Crippen LogP contribution in [0.15, 0.2) is 140 Å². The highest BCUT2D eigenvalue weighted by molar-refractivity contribution is 5.91. The number of nitrogens with zero attached hydrogens (tertiary/aromatic N) is 5. The Balaban J connectivity index is 1.29. The first-order valence-electron chi connectivity index (χ1n) is 15.1. The number of aromatic nitrogens is 5. The SMILES string of the molecule is CC1(C)c2ccccc2-c2c(-c3nc(-c4ccc(-c5ccccn5)cc4)nc(-c4ccc(-c5ccccn5)cc4)n3)cccc21. The van der Waals surface area contributed by atoms with E-state index in [0.29, 0.717) is 17.5 Å². The second kappa shape index (κ2) is 10.7. The summed E-state index contributed by atoms with van der Waals surface area (Å²) in [5.41, 5.74) is 11.7. The smallest absolute Gasteiger partial charge is 0.164 e. The normalized spacial score (nSPS) is 12.8. The average molecular weight is 580 g/mol. The summed E-state index contributed by atoms with van der Waals surface area (Å²) < 4.78 is 0. The Morgan fingerprint density at radius 1 is 0.400 bits per heavy atom. The molecule has 3 aromatic heterocycles. The van der Waals surface area contributed by atoms with Crippen LogP contribution in [0.2, 0.25) is 0 Å². The molecule has 0 saturated heterocycles. The largest absolute Gasteiger partial charge is 0.256 e. The van der Waals surface area contributed by atoms with Crippen molar-refractivity contribution in [3.05, 3.63) is 151 Å². The predicted molar refractivity (Wildman–Crippen MR) is 180 cm³/mol. The quantitative estimate of drug-likeness (QED) is 0.203. The molecular formula is C40H29N5. The summed E-state index contributed by atoms with van der Waals surface area (Å²) in [7, 11) is 0. The minimum Gasteiger partial charge on any atom is -0.256 e. The van der Waals surface area contributed by atoms with E-state index in [9.17, 15) is 0 Å². The monoisotopic (exact) mass is 579 g/mol. The van der Waals surface area contributed by atoms with Gasteiger partial charge in [-0.3, -0.25) is 9.97 Å². The molecule has 5 nitrogen and oxygen atoms in total. The van der Waals surface area contributed by atoms with Gasteiger partial charge in [0, 0.05) is 45.6 Å². The standard InChI is InChI=1S/C40H29N5/c1-40(2)32-12-4-3-10-30(32)36-31(11-9-13-33(36)40)39-44-37(28-20-16-26(17-21-28)34-14-5-7-24-41-34)43-38(45-39)29-22-18-27(19-23-29)35-15-6-8-25-42-35/h3-25H,1-2H3. The van der Waals surface area contributed by atoms with Crippen LogP contribution >= 0.6 is 0 Å². The second-order valence-corrected chi connectivity index (χ2v) is 11.8. The zero-order chi connectivity index (χ0) is 30.4. The van der Waals surface area contributed by atoms with E-state index in [2.05, 4.69) is 115 Å². The summed E-state index contributed by atoms with van der Waals surface area (Å²) in [4.78, 5) is 24.3. The number of fused-ring (bicyclic) bond motifs is 3. The molecule has 5 heteroatoms. The fraction of sp³-hybridized carbons (Fsp3) is 0.0750. The Kier molecular flexibility index (Phi) is 6.38. The van der Waals surface area contributed by atoms with Crippen molar-refractivity contribution < 1.29 is 0 Å². The van der Waals surface area contributed by atoms with Crippen molar-refractivity contribution in [3.8, 4) is 67.8 Å². The third-order valence-corrected chi connectivity index (χ3v) is 8.69. The fourth-order valence-electron chi connectivity index (χ4n) is 6.34. The molecule has 45 heavy (non-hydrogen) atoms. The highest BCUT2D eigenvalue weighted by Gasteiger charge is 2.37. The van der Waals surface area contributed by atoms with Crippen LogP contribution in [0.3, 0.4) is 0 Å².